The van der Waals surface area contributed by atoms with Crippen LogP contribution in [0.3, 0.4) is 0 Å². The number of para-hydroxylation sites is 2. The fourth-order valence-electron chi connectivity index (χ4n) is 2.00. The number of aromatic nitrogens is 3. The lowest BCUT2D eigenvalue weighted by atomic mass is 10.3. The summed E-state index contributed by atoms with van der Waals surface area (Å²) < 4.78 is 5.29. The van der Waals surface area contributed by atoms with Crippen LogP contribution in [0.1, 0.15) is 0 Å². The van der Waals surface area contributed by atoms with E-state index in [1.807, 2.05) is 36.4 Å². The van der Waals surface area contributed by atoms with E-state index in [0.717, 1.165) is 11.4 Å². The molecule has 0 saturated heterocycles. The smallest absolute Gasteiger partial charge is 0.249 e. The highest BCUT2D eigenvalue weighted by Crippen LogP contribution is 2.26. The van der Waals surface area contributed by atoms with Crippen molar-refractivity contribution in [3.63, 3.8) is 0 Å². The van der Waals surface area contributed by atoms with Gasteiger partial charge in [0, 0.05) is 10.7 Å². The van der Waals surface area contributed by atoms with Crippen LogP contribution >= 0.6 is 11.6 Å². The van der Waals surface area contributed by atoms with Gasteiger partial charge in [0.1, 0.15) is 5.75 Å². The topological polar surface area (TPSA) is 72.0 Å². The zero-order valence-electron chi connectivity index (χ0n) is 12.3. The molecular weight excluding hydrogens is 314 g/mol. The molecule has 0 amide bonds. The maximum absolute atomic E-state index is 5.97. The van der Waals surface area contributed by atoms with Crippen molar-refractivity contribution in [2.24, 2.45) is 0 Å². The van der Waals surface area contributed by atoms with Gasteiger partial charge in [-0.05, 0) is 30.3 Å². The Labute approximate surface area is 138 Å². The van der Waals surface area contributed by atoms with Crippen molar-refractivity contribution in [3.8, 4) is 5.75 Å². The summed E-state index contributed by atoms with van der Waals surface area (Å²) in [6, 6.07) is 14.9. The van der Waals surface area contributed by atoms with Crippen molar-refractivity contribution in [1.29, 1.82) is 0 Å². The quantitative estimate of drug-likeness (QED) is 0.737. The molecule has 0 aliphatic rings. The van der Waals surface area contributed by atoms with Gasteiger partial charge in [0.2, 0.25) is 5.95 Å². The van der Waals surface area contributed by atoms with Gasteiger partial charge in [-0.1, -0.05) is 29.8 Å². The Balaban J connectivity index is 1.80. The predicted octanol–water partition coefficient (Wildman–Crippen LogP) is 4.02. The van der Waals surface area contributed by atoms with Crippen LogP contribution in [0.4, 0.5) is 23.1 Å². The monoisotopic (exact) mass is 327 g/mol. The number of halogens is 1. The Hall–Kier alpha value is -2.86. The number of anilines is 4. The summed E-state index contributed by atoms with van der Waals surface area (Å²) in [7, 11) is 1.61. The van der Waals surface area contributed by atoms with Gasteiger partial charge in [-0.15, -0.1) is 5.10 Å². The molecule has 0 radical (unpaired) electrons. The number of hydrogen-bond donors (Lipinski definition) is 2. The van der Waals surface area contributed by atoms with Crippen LogP contribution in [-0.4, -0.2) is 22.3 Å². The second-order valence-electron chi connectivity index (χ2n) is 4.63. The molecule has 0 bridgehead atoms. The molecular formula is C16H14ClN5O. The lowest BCUT2D eigenvalue weighted by Crippen LogP contribution is -2.03. The van der Waals surface area contributed by atoms with E-state index < -0.39 is 0 Å². The van der Waals surface area contributed by atoms with Crippen LogP contribution in [0.2, 0.25) is 5.02 Å². The molecule has 0 spiro atoms. The highest BCUT2D eigenvalue weighted by atomic mass is 35.5. The fourth-order valence-corrected chi connectivity index (χ4v) is 2.19. The van der Waals surface area contributed by atoms with E-state index in [2.05, 4.69) is 25.8 Å². The average molecular weight is 328 g/mol. The van der Waals surface area contributed by atoms with Crippen LogP contribution in [0.15, 0.2) is 54.7 Å². The van der Waals surface area contributed by atoms with Crippen LogP contribution in [0.25, 0.3) is 0 Å². The average Bonchev–Trinajstić information content (AvgIpc) is 2.56. The number of benzene rings is 2. The maximum Gasteiger partial charge on any atom is 0.249 e. The van der Waals surface area contributed by atoms with Gasteiger partial charge < -0.3 is 15.4 Å². The second-order valence-corrected chi connectivity index (χ2v) is 5.06. The first-order chi connectivity index (χ1) is 11.2. The van der Waals surface area contributed by atoms with Crippen molar-refractivity contribution in [2.45, 2.75) is 0 Å². The van der Waals surface area contributed by atoms with E-state index in [9.17, 15) is 0 Å². The Morgan fingerprint density at radius 2 is 1.91 bits per heavy atom. The molecule has 3 aromatic rings. The van der Waals surface area contributed by atoms with Crippen molar-refractivity contribution in [1.82, 2.24) is 15.2 Å². The molecule has 1 heterocycles. The first kappa shape index (κ1) is 15.1. The summed E-state index contributed by atoms with van der Waals surface area (Å²) in [6.07, 6.45) is 1.54. The molecule has 0 atom stereocenters. The molecule has 0 fully saturated rings. The summed E-state index contributed by atoms with van der Waals surface area (Å²) in [5.41, 5.74) is 1.58. The predicted molar refractivity (Wildman–Crippen MR) is 90.8 cm³/mol. The maximum atomic E-state index is 5.97. The summed E-state index contributed by atoms with van der Waals surface area (Å²) in [5, 5.41) is 14.8. The third-order valence-electron chi connectivity index (χ3n) is 3.01. The van der Waals surface area contributed by atoms with E-state index in [0.29, 0.717) is 22.5 Å². The minimum Gasteiger partial charge on any atom is -0.495 e. The van der Waals surface area contributed by atoms with E-state index in [1.165, 1.54) is 6.20 Å². The molecule has 0 aliphatic heterocycles. The highest BCUT2D eigenvalue weighted by Gasteiger charge is 2.06. The second kappa shape index (κ2) is 6.93. The number of methoxy groups -OCH3 is 1. The lowest BCUT2D eigenvalue weighted by molar-refractivity contribution is 0.417. The largest absolute Gasteiger partial charge is 0.495 e. The number of nitrogens with zero attached hydrogens (tertiary/aromatic N) is 3. The molecule has 3 rings (SSSR count). The molecule has 7 heteroatoms. The lowest BCUT2D eigenvalue weighted by Gasteiger charge is -2.10. The van der Waals surface area contributed by atoms with E-state index in [-0.39, 0.29) is 0 Å². The molecule has 116 valence electrons. The SMILES string of the molecule is COc1ccccc1Nc1nncc(Nc2cccc(Cl)c2)n1. The van der Waals surface area contributed by atoms with E-state index >= 15 is 0 Å². The minimum atomic E-state index is 0.363. The Morgan fingerprint density at radius 1 is 1.04 bits per heavy atom. The van der Waals surface area contributed by atoms with Gasteiger partial charge in [-0.25, -0.2) is 0 Å². The number of hydrogen-bond acceptors (Lipinski definition) is 6. The van der Waals surface area contributed by atoms with Gasteiger partial charge in [0.25, 0.3) is 0 Å². The van der Waals surface area contributed by atoms with Crippen molar-refractivity contribution in [3.05, 3.63) is 59.8 Å². The number of ether oxygens (including phenoxy) is 1. The minimum absolute atomic E-state index is 0.363. The first-order valence-corrected chi connectivity index (χ1v) is 7.25. The molecule has 23 heavy (non-hydrogen) atoms. The summed E-state index contributed by atoms with van der Waals surface area (Å²) in [4.78, 5) is 4.37. The van der Waals surface area contributed by atoms with Crippen LogP contribution in [-0.2, 0) is 0 Å². The zero-order valence-corrected chi connectivity index (χ0v) is 13.1. The van der Waals surface area contributed by atoms with Crippen LogP contribution in [0, 0.1) is 0 Å². The van der Waals surface area contributed by atoms with Crippen LogP contribution < -0.4 is 15.4 Å². The van der Waals surface area contributed by atoms with Gasteiger partial charge in [-0.2, -0.15) is 10.1 Å². The normalized spacial score (nSPS) is 10.2. The molecule has 0 aliphatic carbocycles. The summed E-state index contributed by atoms with van der Waals surface area (Å²) >= 11 is 5.97. The Morgan fingerprint density at radius 3 is 2.74 bits per heavy atom. The van der Waals surface area contributed by atoms with Crippen molar-refractivity contribution >= 4 is 34.7 Å². The Kier molecular flexibility index (Phi) is 4.54. The first-order valence-electron chi connectivity index (χ1n) is 6.87. The molecule has 6 nitrogen and oxygen atoms in total. The third-order valence-corrected chi connectivity index (χ3v) is 3.24. The van der Waals surface area contributed by atoms with E-state index in [4.69, 9.17) is 16.3 Å². The number of nitrogens with one attached hydrogen (secondary N) is 2. The number of rotatable bonds is 5. The van der Waals surface area contributed by atoms with Crippen molar-refractivity contribution < 1.29 is 4.74 Å². The van der Waals surface area contributed by atoms with Gasteiger partial charge in [-0.3, -0.25) is 0 Å². The molecule has 2 N–H and O–H groups in total. The molecule has 0 unspecified atom stereocenters. The summed E-state index contributed by atoms with van der Waals surface area (Å²) in [6.45, 7) is 0. The van der Waals surface area contributed by atoms with E-state index in [1.54, 1.807) is 19.2 Å². The highest BCUT2D eigenvalue weighted by molar-refractivity contribution is 6.30. The third kappa shape index (κ3) is 3.87. The zero-order chi connectivity index (χ0) is 16.1. The fraction of sp³-hybridized carbons (Fsp3) is 0.0625. The summed E-state index contributed by atoms with van der Waals surface area (Å²) in [5.74, 6) is 1.62. The standard InChI is InChI=1S/C16H14ClN5O/c1-23-14-8-3-2-7-13(14)20-16-21-15(10-18-22-16)19-12-6-4-5-11(17)9-12/h2-10H,1H3,(H2,19,20,21,22). The van der Waals surface area contributed by atoms with Gasteiger partial charge in [0.05, 0.1) is 19.0 Å². The molecule has 2 aromatic carbocycles. The van der Waals surface area contributed by atoms with Gasteiger partial charge in [0.15, 0.2) is 5.82 Å². The van der Waals surface area contributed by atoms with Crippen molar-refractivity contribution in [2.75, 3.05) is 17.7 Å². The van der Waals surface area contributed by atoms with Gasteiger partial charge >= 0.3 is 0 Å². The van der Waals surface area contributed by atoms with Crippen LogP contribution in [0.5, 0.6) is 5.75 Å². The Bertz CT molecular complexity index is 812. The molecule has 1 aromatic heterocycles. The molecule has 0 saturated carbocycles.